The van der Waals surface area contributed by atoms with Crippen LogP contribution in [0.15, 0.2) is 47.8 Å². The van der Waals surface area contributed by atoms with Gasteiger partial charge in [-0.2, -0.15) is 0 Å². The highest BCUT2D eigenvalue weighted by molar-refractivity contribution is 7.13. The third-order valence-electron chi connectivity index (χ3n) is 6.51. The lowest BCUT2D eigenvalue weighted by molar-refractivity contribution is -0.134. The highest BCUT2D eigenvalue weighted by Crippen LogP contribution is 2.46. The molecule has 5 rings (SSSR count). The van der Waals surface area contributed by atoms with E-state index in [0.717, 1.165) is 28.1 Å². The van der Waals surface area contributed by atoms with Crippen molar-refractivity contribution in [2.24, 2.45) is 0 Å². The van der Waals surface area contributed by atoms with E-state index >= 15 is 0 Å². The molecule has 0 radical (unpaired) electrons. The van der Waals surface area contributed by atoms with E-state index in [1.165, 1.54) is 11.3 Å². The Bertz CT molecular complexity index is 1180. The van der Waals surface area contributed by atoms with Crippen molar-refractivity contribution in [3.8, 4) is 16.9 Å². The Morgan fingerprint density at radius 1 is 1.19 bits per heavy atom. The van der Waals surface area contributed by atoms with Gasteiger partial charge in [0.25, 0.3) is 0 Å². The number of likely N-dealkylation sites (tertiary alicyclic amines) is 1. The fourth-order valence-electron chi connectivity index (χ4n) is 4.68. The average molecular weight is 449 g/mol. The summed E-state index contributed by atoms with van der Waals surface area (Å²) in [7, 11) is 1.65. The lowest BCUT2D eigenvalue weighted by Gasteiger charge is -2.38. The van der Waals surface area contributed by atoms with Gasteiger partial charge in [0.15, 0.2) is 5.13 Å². The number of thiazole rings is 1. The van der Waals surface area contributed by atoms with Crippen LogP contribution in [0.2, 0.25) is 0 Å². The minimum atomic E-state index is -0.598. The van der Waals surface area contributed by atoms with E-state index in [4.69, 9.17) is 10.5 Å². The van der Waals surface area contributed by atoms with Gasteiger partial charge in [0, 0.05) is 24.2 Å². The van der Waals surface area contributed by atoms with Crippen LogP contribution >= 0.6 is 11.3 Å². The van der Waals surface area contributed by atoms with Gasteiger partial charge < -0.3 is 20.7 Å². The lowest BCUT2D eigenvalue weighted by atomic mass is 9.73. The molecule has 1 saturated heterocycles. The number of nitrogen functional groups attached to an aromatic ring is 1. The topological polar surface area (TPSA) is 97.6 Å². The van der Waals surface area contributed by atoms with Gasteiger partial charge in [-0.25, -0.2) is 4.98 Å². The highest BCUT2D eigenvalue weighted by Gasteiger charge is 2.49. The number of carbonyl (C=O) groups is 2. The average Bonchev–Trinajstić information content (AvgIpc) is 3.34. The molecule has 8 heteroatoms. The van der Waals surface area contributed by atoms with E-state index in [2.05, 4.69) is 16.4 Å². The molecule has 164 valence electrons. The number of benzene rings is 2. The second-order valence-corrected chi connectivity index (χ2v) is 9.15. The smallest absolute Gasteiger partial charge is 0.235 e. The van der Waals surface area contributed by atoms with Gasteiger partial charge in [0.05, 0.1) is 24.6 Å². The summed E-state index contributed by atoms with van der Waals surface area (Å²) in [6, 6.07) is 14.0. The molecule has 0 unspecified atom stereocenters. The van der Waals surface area contributed by atoms with Crippen molar-refractivity contribution in [2.45, 2.75) is 24.7 Å². The van der Waals surface area contributed by atoms with Crippen LogP contribution in [-0.4, -0.2) is 41.9 Å². The van der Waals surface area contributed by atoms with Crippen LogP contribution in [-0.2, 0) is 21.4 Å². The van der Waals surface area contributed by atoms with E-state index < -0.39 is 5.41 Å². The predicted molar refractivity (Wildman–Crippen MR) is 125 cm³/mol. The zero-order chi connectivity index (χ0) is 22.3. The number of carbonyl (C=O) groups excluding carboxylic acids is 2. The molecule has 32 heavy (non-hydrogen) atoms. The molecule has 3 heterocycles. The zero-order valence-electron chi connectivity index (χ0n) is 17.8. The number of anilines is 2. The number of nitrogens with two attached hydrogens (primary N) is 1. The van der Waals surface area contributed by atoms with Crippen LogP contribution in [0.3, 0.4) is 0 Å². The molecule has 7 nitrogen and oxygen atoms in total. The number of ether oxygens (including phenoxy) is 1. The molecule has 1 spiro atoms. The number of nitrogens with one attached hydrogen (secondary N) is 1. The minimum Gasteiger partial charge on any atom is -0.497 e. The van der Waals surface area contributed by atoms with Crippen molar-refractivity contribution < 1.29 is 14.3 Å². The largest absolute Gasteiger partial charge is 0.497 e. The number of piperidine rings is 1. The predicted octanol–water partition coefficient (Wildman–Crippen LogP) is 3.46. The lowest BCUT2D eigenvalue weighted by Crippen LogP contribution is -2.48. The molecule has 0 aliphatic carbocycles. The summed E-state index contributed by atoms with van der Waals surface area (Å²) in [5, 5.41) is 5.35. The SMILES string of the molecule is COc1ccc(-c2ccc3c(c2)C2(CCN(C(=O)Cc4csc(N)n4)CC2)C(=O)N3)cc1. The maximum Gasteiger partial charge on any atom is 0.235 e. The first kappa shape index (κ1) is 20.5. The van der Waals surface area contributed by atoms with E-state index in [0.29, 0.717) is 36.8 Å². The van der Waals surface area contributed by atoms with E-state index in [9.17, 15) is 9.59 Å². The molecule has 2 aliphatic rings. The van der Waals surface area contributed by atoms with Crippen molar-refractivity contribution in [3.63, 3.8) is 0 Å². The first-order valence-electron chi connectivity index (χ1n) is 10.6. The summed E-state index contributed by atoms with van der Waals surface area (Å²) in [5.74, 6) is 0.857. The molecular weight excluding hydrogens is 424 g/mol. The molecule has 3 N–H and O–H groups in total. The first-order chi connectivity index (χ1) is 15.5. The summed E-state index contributed by atoms with van der Waals surface area (Å²) in [6.07, 6.45) is 1.44. The number of amides is 2. The van der Waals surface area contributed by atoms with Crippen molar-refractivity contribution in [1.29, 1.82) is 0 Å². The van der Waals surface area contributed by atoms with Crippen LogP contribution in [0, 0.1) is 0 Å². The molecule has 1 aromatic heterocycles. The summed E-state index contributed by atoms with van der Waals surface area (Å²) in [5.41, 5.74) is 9.79. The van der Waals surface area contributed by atoms with Gasteiger partial charge in [0.1, 0.15) is 5.75 Å². The van der Waals surface area contributed by atoms with Gasteiger partial charge in [0.2, 0.25) is 11.8 Å². The molecule has 2 aliphatic heterocycles. The molecule has 2 amide bonds. The molecule has 2 aromatic carbocycles. The van der Waals surface area contributed by atoms with Gasteiger partial charge in [-0.3, -0.25) is 9.59 Å². The Labute approximate surface area is 190 Å². The van der Waals surface area contributed by atoms with Crippen LogP contribution in [0.4, 0.5) is 10.8 Å². The van der Waals surface area contributed by atoms with Crippen LogP contribution in [0.5, 0.6) is 5.75 Å². The van der Waals surface area contributed by atoms with Crippen molar-refractivity contribution in [2.75, 3.05) is 31.2 Å². The number of nitrogens with zero attached hydrogens (tertiary/aromatic N) is 2. The normalized spacial score (nSPS) is 16.7. The number of methoxy groups -OCH3 is 1. The van der Waals surface area contributed by atoms with Crippen molar-refractivity contribution in [1.82, 2.24) is 9.88 Å². The van der Waals surface area contributed by atoms with Crippen LogP contribution < -0.4 is 15.8 Å². The standard InChI is InChI=1S/C24H24N4O3S/c1-31-18-5-2-15(3-6-18)16-4-7-20-19(12-16)24(22(30)27-20)8-10-28(11-9-24)21(29)13-17-14-32-23(25)26-17/h2-7,12,14H,8-11,13H2,1H3,(H2,25,26)(H,27,30). The second-order valence-electron chi connectivity index (χ2n) is 8.26. The van der Waals surface area contributed by atoms with Crippen molar-refractivity contribution >= 4 is 34.0 Å². The summed E-state index contributed by atoms with van der Waals surface area (Å²) in [4.78, 5) is 31.8. The maximum atomic E-state index is 13.1. The highest BCUT2D eigenvalue weighted by atomic mass is 32.1. The number of rotatable bonds is 4. The molecule has 1 fully saturated rings. The molecular formula is C24H24N4O3S. The fraction of sp³-hybridized carbons (Fsp3) is 0.292. The number of hydrogen-bond donors (Lipinski definition) is 2. The minimum absolute atomic E-state index is 0.0239. The monoisotopic (exact) mass is 448 g/mol. The first-order valence-corrected chi connectivity index (χ1v) is 11.4. The Kier molecular flexibility index (Phi) is 5.09. The Morgan fingerprint density at radius 3 is 2.56 bits per heavy atom. The van der Waals surface area contributed by atoms with Crippen molar-refractivity contribution in [3.05, 3.63) is 59.1 Å². The Hall–Kier alpha value is -3.39. The van der Waals surface area contributed by atoms with Gasteiger partial charge in [-0.1, -0.05) is 18.2 Å². The van der Waals surface area contributed by atoms with E-state index in [1.807, 2.05) is 46.7 Å². The Morgan fingerprint density at radius 2 is 1.91 bits per heavy atom. The Balaban J connectivity index is 1.36. The zero-order valence-corrected chi connectivity index (χ0v) is 18.6. The summed E-state index contributed by atoms with van der Waals surface area (Å²) < 4.78 is 5.25. The molecule has 0 bridgehead atoms. The quantitative estimate of drug-likeness (QED) is 0.637. The van der Waals surface area contributed by atoms with E-state index in [-0.39, 0.29) is 18.2 Å². The van der Waals surface area contributed by atoms with Gasteiger partial charge in [-0.05, 0) is 53.8 Å². The van der Waals surface area contributed by atoms with E-state index in [1.54, 1.807) is 7.11 Å². The van der Waals surface area contributed by atoms with Crippen LogP contribution in [0.1, 0.15) is 24.1 Å². The fourth-order valence-corrected chi connectivity index (χ4v) is 5.24. The van der Waals surface area contributed by atoms with Gasteiger partial charge >= 0.3 is 0 Å². The van der Waals surface area contributed by atoms with Crippen LogP contribution in [0.25, 0.3) is 11.1 Å². The third kappa shape index (κ3) is 3.50. The number of fused-ring (bicyclic) bond motifs is 2. The molecule has 0 atom stereocenters. The third-order valence-corrected chi connectivity index (χ3v) is 7.24. The second kappa shape index (κ2) is 7.94. The van der Waals surface area contributed by atoms with Gasteiger partial charge in [-0.15, -0.1) is 11.3 Å². The molecule has 3 aromatic rings. The summed E-state index contributed by atoms with van der Waals surface area (Å²) in [6.45, 7) is 1.08. The number of hydrogen-bond acceptors (Lipinski definition) is 6. The summed E-state index contributed by atoms with van der Waals surface area (Å²) >= 11 is 1.34. The maximum absolute atomic E-state index is 13.1. The number of aromatic nitrogens is 1. The molecule has 0 saturated carbocycles.